The van der Waals surface area contributed by atoms with Crippen LogP contribution < -0.4 is 15.2 Å². The van der Waals surface area contributed by atoms with E-state index in [4.69, 9.17) is 20.2 Å². The molecule has 1 aromatic carbocycles. The molecule has 8 heteroatoms. The number of carbonyl (C=O) groups is 1. The second-order valence-electron chi connectivity index (χ2n) is 10.2. The molecule has 1 saturated heterocycles. The highest BCUT2D eigenvalue weighted by Crippen LogP contribution is 2.32. The number of likely N-dealkylation sites (tertiary alicyclic amines) is 1. The molecule has 0 aromatic heterocycles. The summed E-state index contributed by atoms with van der Waals surface area (Å²) in [4.78, 5) is 21.5. The third-order valence-corrected chi connectivity index (χ3v) is 7.21. The molecular weight excluding hydrogens is 444 g/mol. The number of nitrogens with zero attached hydrogens (tertiary/aromatic N) is 3. The lowest BCUT2D eigenvalue weighted by atomic mass is 9.90. The molecule has 1 fully saturated rings. The molecule has 2 unspecified atom stereocenters. The first-order valence-electron chi connectivity index (χ1n) is 13.3. The predicted octanol–water partition coefficient (Wildman–Crippen LogP) is 3.77. The number of ether oxygens (including phenoxy) is 2. The summed E-state index contributed by atoms with van der Waals surface area (Å²) < 4.78 is 11.6. The van der Waals surface area contributed by atoms with Crippen molar-refractivity contribution < 1.29 is 19.4 Å². The molecule has 0 saturated carbocycles. The van der Waals surface area contributed by atoms with Crippen LogP contribution in [0.2, 0.25) is 0 Å². The van der Waals surface area contributed by atoms with Gasteiger partial charge in [0.05, 0.1) is 5.54 Å². The lowest BCUT2D eigenvalue weighted by Crippen LogP contribution is -2.45. The van der Waals surface area contributed by atoms with Crippen molar-refractivity contribution in [3.05, 3.63) is 24.3 Å². The molecule has 3 N–H and O–H groups in total. The van der Waals surface area contributed by atoms with Crippen molar-refractivity contribution in [3.8, 4) is 11.5 Å². The highest BCUT2D eigenvalue weighted by atomic mass is 16.6. The molecule has 0 aliphatic carbocycles. The summed E-state index contributed by atoms with van der Waals surface area (Å²) in [5.41, 5.74) is 6.18. The van der Waals surface area contributed by atoms with E-state index in [-0.39, 0.29) is 24.8 Å². The van der Waals surface area contributed by atoms with Crippen LogP contribution in [0.15, 0.2) is 29.3 Å². The maximum Gasteiger partial charge on any atom is 0.267 e. The van der Waals surface area contributed by atoms with Gasteiger partial charge in [-0.05, 0) is 50.7 Å². The highest BCUT2D eigenvalue weighted by molar-refractivity contribution is 5.82. The number of aliphatic imine (C=N–C) groups is 1. The monoisotopic (exact) mass is 488 g/mol. The fraction of sp³-hybridized carbons (Fsp3) is 0.704. The Hall–Kier alpha value is -2.48. The van der Waals surface area contributed by atoms with Crippen LogP contribution in [0.5, 0.6) is 11.5 Å². The number of guanidine groups is 1. The molecule has 0 radical (unpaired) electrons. The van der Waals surface area contributed by atoms with Gasteiger partial charge in [0.1, 0.15) is 13.3 Å². The third kappa shape index (κ3) is 7.50. The molecular formula is C27H44N4O4. The zero-order valence-electron chi connectivity index (χ0n) is 21.7. The van der Waals surface area contributed by atoms with Crippen molar-refractivity contribution in [3.63, 3.8) is 0 Å². The number of unbranched alkanes of at least 4 members (excludes halogenated alkanes) is 2. The minimum Gasteiger partial charge on any atom is -0.485 e. The minimum atomic E-state index is -0.607. The van der Waals surface area contributed by atoms with Gasteiger partial charge >= 0.3 is 0 Å². The Morgan fingerprint density at radius 3 is 2.57 bits per heavy atom. The predicted molar refractivity (Wildman–Crippen MR) is 139 cm³/mol. The zero-order chi connectivity index (χ0) is 25.3. The first kappa shape index (κ1) is 27.1. The van der Waals surface area contributed by atoms with Crippen molar-refractivity contribution in [1.29, 1.82) is 0 Å². The van der Waals surface area contributed by atoms with E-state index in [2.05, 4.69) is 20.8 Å². The smallest absolute Gasteiger partial charge is 0.267 e. The fourth-order valence-corrected chi connectivity index (χ4v) is 4.91. The Morgan fingerprint density at radius 1 is 1.23 bits per heavy atom. The van der Waals surface area contributed by atoms with Crippen LogP contribution in [-0.2, 0) is 4.79 Å². The summed E-state index contributed by atoms with van der Waals surface area (Å²) in [6, 6.07) is 7.44. The quantitative estimate of drug-likeness (QED) is 0.264. The molecule has 1 aromatic rings. The fourth-order valence-electron chi connectivity index (χ4n) is 4.91. The number of hydrogen-bond acceptors (Lipinski definition) is 5. The normalized spacial score (nSPS) is 20.2. The molecule has 35 heavy (non-hydrogen) atoms. The van der Waals surface area contributed by atoms with E-state index in [9.17, 15) is 9.90 Å². The number of hydrogen-bond donors (Lipinski definition) is 2. The van der Waals surface area contributed by atoms with Gasteiger partial charge in [-0.1, -0.05) is 51.7 Å². The molecule has 1 amide bonds. The molecule has 196 valence electrons. The summed E-state index contributed by atoms with van der Waals surface area (Å²) in [5, 5.41) is 9.98. The lowest BCUT2D eigenvalue weighted by Gasteiger charge is -2.30. The number of rotatable bonds is 12. The number of carbonyl (C=O) groups excluding carboxylic acids is 1. The van der Waals surface area contributed by atoms with Crippen molar-refractivity contribution in [2.75, 3.05) is 33.0 Å². The van der Waals surface area contributed by atoms with Gasteiger partial charge in [-0.2, -0.15) is 0 Å². The largest absolute Gasteiger partial charge is 0.485 e. The molecule has 2 atom stereocenters. The number of nitrogens with two attached hydrogens (primary N) is 1. The van der Waals surface area contributed by atoms with Crippen LogP contribution in [-0.4, -0.2) is 71.4 Å². The van der Waals surface area contributed by atoms with E-state index in [0.29, 0.717) is 43.0 Å². The van der Waals surface area contributed by atoms with Crippen LogP contribution in [0.3, 0.4) is 0 Å². The van der Waals surface area contributed by atoms with Gasteiger partial charge in [0.25, 0.3) is 5.91 Å². The van der Waals surface area contributed by atoms with E-state index in [0.717, 1.165) is 51.4 Å². The maximum absolute atomic E-state index is 13.0. The van der Waals surface area contributed by atoms with Gasteiger partial charge in [-0.25, -0.2) is 4.99 Å². The topological polar surface area (TPSA) is 101 Å². The van der Waals surface area contributed by atoms with Crippen molar-refractivity contribution in [2.45, 2.75) is 83.8 Å². The summed E-state index contributed by atoms with van der Waals surface area (Å²) in [7, 11) is 0. The van der Waals surface area contributed by atoms with Crippen LogP contribution in [0.25, 0.3) is 0 Å². The number of para-hydroxylation sites is 2. The number of benzene rings is 1. The summed E-state index contributed by atoms with van der Waals surface area (Å²) >= 11 is 0. The number of aliphatic hydroxyl groups excluding tert-OH is 1. The van der Waals surface area contributed by atoms with Crippen LogP contribution in [0, 0.1) is 5.92 Å². The Kier molecular flexibility index (Phi) is 10.1. The zero-order valence-corrected chi connectivity index (χ0v) is 21.7. The summed E-state index contributed by atoms with van der Waals surface area (Å²) in [5.74, 6) is 2.04. The van der Waals surface area contributed by atoms with E-state index in [1.165, 1.54) is 0 Å². The van der Waals surface area contributed by atoms with Gasteiger partial charge in [0.2, 0.25) is 6.10 Å². The summed E-state index contributed by atoms with van der Waals surface area (Å²) in [6.45, 7) is 8.64. The van der Waals surface area contributed by atoms with Gasteiger partial charge in [0.15, 0.2) is 17.5 Å². The molecule has 3 rings (SSSR count). The molecule has 2 aliphatic rings. The third-order valence-electron chi connectivity index (χ3n) is 7.21. The number of amides is 1. The van der Waals surface area contributed by atoms with E-state index in [1.54, 1.807) is 4.90 Å². The average Bonchev–Trinajstić information content (AvgIpc) is 3.35. The Labute approximate surface area is 210 Å². The van der Waals surface area contributed by atoms with Crippen molar-refractivity contribution in [1.82, 2.24) is 9.80 Å². The molecule has 2 heterocycles. The highest BCUT2D eigenvalue weighted by Gasteiger charge is 2.35. The Morgan fingerprint density at radius 2 is 1.91 bits per heavy atom. The molecule has 2 aliphatic heterocycles. The SMILES string of the molecule is CCCCC(C)(CCCC)N=C(N)N(CO)CCC1CCN(C(=O)C2COc3ccccc3O2)C1. The van der Waals surface area contributed by atoms with E-state index in [1.807, 2.05) is 29.2 Å². The van der Waals surface area contributed by atoms with Crippen molar-refractivity contribution >= 4 is 11.9 Å². The molecule has 0 bridgehead atoms. The van der Waals surface area contributed by atoms with Crippen molar-refractivity contribution in [2.24, 2.45) is 16.6 Å². The maximum atomic E-state index is 13.0. The van der Waals surface area contributed by atoms with Gasteiger partial charge in [0, 0.05) is 19.6 Å². The van der Waals surface area contributed by atoms with Gasteiger partial charge in [-0.3, -0.25) is 4.79 Å². The summed E-state index contributed by atoms with van der Waals surface area (Å²) in [6.07, 6.45) is 7.64. The first-order valence-corrected chi connectivity index (χ1v) is 13.3. The average molecular weight is 489 g/mol. The minimum absolute atomic E-state index is 0.0234. The van der Waals surface area contributed by atoms with E-state index < -0.39 is 6.10 Å². The van der Waals surface area contributed by atoms with Crippen LogP contribution >= 0.6 is 0 Å². The number of fused-ring (bicyclic) bond motifs is 1. The second kappa shape index (κ2) is 13.0. The van der Waals surface area contributed by atoms with Crippen LogP contribution in [0.4, 0.5) is 0 Å². The Balaban J connectivity index is 1.51. The second-order valence-corrected chi connectivity index (χ2v) is 10.2. The van der Waals surface area contributed by atoms with Gasteiger partial charge in [-0.15, -0.1) is 0 Å². The molecule has 0 spiro atoms. The molecule has 8 nitrogen and oxygen atoms in total. The first-order chi connectivity index (χ1) is 16.9. The van der Waals surface area contributed by atoms with E-state index >= 15 is 0 Å². The lowest BCUT2D eigenvalue weighted by molar-refractivity contribution is -0.140. The Bertz CT molecular complexity index is 838. The standard InChI is InChI=1S/C27H44N4O4/c1-4-6-14-27(3,15-7-5-2)29-26(28)31(20-32)17-13-21-12-16-30(18-21)25(33)24-19-34-22-10-8-9-11-23(22)35-24/h8-11,21,24,32H,4-7,12-20H2,1-3H3,(H2,28,29). The van der Waals surface area contributed by atoms with Gasteiger partial charge < -0.3 is 30.1 Å². The van der Waals surface area contributed by atoms with Crippen LogP contribution in [0.1, 0.15) is 72.1 Å². The number of aliphatic hydroxyl groups is 1.